The quantitative estimate of drug-likeness (QED) is 0.296. The number of benzene rings is 2. The third-order valence-electron chi connectivity index (χ3n) is 5.25. The largest absolute Gasteiger partial charge is 0.493 e. The number of rotatable bonds is 8. The highest BCUT2D eigenvalue weighted by Gasteiger charge is 2.20. The van der Waals surface area contributed by atoms with E-state index in [1.165, 1.54) is 5.69 Å². The Morgan fingerprint density at radius 2 is 1.81 bits per heavy atom. The van der Waals surface area contributed by atoms with Crippen LogP contribution in [-0.4, -0.2) is 45.4 Å². The van der Waals surface area contributed by atoms with Crippen LogP contribution in [0.25, 0.3) is 0 Å². The molecule has 6 nitrogen and oxygen atoms in total. The van der Waals surface area contributed by atoms with Crippen molar-refractivity contribution in [3.63, 3.8) is 0 Å². The minimum Gasteiger partial charge on any atom is -0.493 e. The maximum Gasteiger partial charge on any atom is 0.191 e. The normalized spacial score (nSPS) is 14.5. The molecule has 170 valence electrons. The molecule has 0 bridgehead atoms. The third-order valence-corrected chi connectivity index (χ3v) is 5.25. The van der Waals surface area contributed by atoms with Gasteiger partial charge in [0.1, 0.15) is 0 Å². The molecule has 2 aromatic carbocycles. The van der Waals surface area contributed by atoms with E-state index in [1.54, 1.807) is 7.11 Å². The molecule has 7 heteroatoms. The van der Waals surface area contributed by atoms with E-state index in [0.717, 1.165) is 55.5 Å². The van der Waals surface area contributed by atoms with E-state index >= 15 is 0 Å². The molecule has 0 saturated carbocycles. The first-order valence-corrected chi connectivity index (χ1v) is 10.9. The average molecular weight is 538 g/mol. The van der Waals surface area contributed by atoms with Gasteiger partial charge in [-0.3, -0.25) is 0 Å². The summed E-state index contributed by atoms with van der Waals surface area (Å²) >= 11 is 0. The fourth-order valence-corrected chi connectivity index (χ4v) is 3.69. The van der Waals surface area contributed by atoms with Gasteiger partial charge < -0.3 is 25.0 Å². The van der Waals surface area contributed by atoms with Gasteiger partial charge >= 0.3 is 0 Å². The molecule has 0 amide bonds. The number of hydrogen-bond donors (Lipinski definition) is 2. The van der Waals surface area contributed by atoms with Crippen LogP contribution in [0.15, 0.2) is 53.5 Å². The monoisotopic (exact) mass is 538 g/mol. The Hall–Kier alpha value is -2.16. The highest BCUT2D eigenvalue weighted by atomic mass is 127. The Morgan fingerprint density at radius 1 is 1.06 bits per heavy atom. The first-order chi connectivity index (χ1) is 14.7. The molecule has 0 aromatic heterocycles. The highest BCUT2D eigenvalue weighted by Crippen LogP contribution is 2.28. The van der Waals surface area contributed by atoms with E-state index < -0.39 is 0 Å². The zero-order valence-corrected chi connectivity index (χ0v) is 21.1. The summed E-state index contributed by atoms with van der Waals surface area (Å²) in [5.74, 6) is 2.38. The van der Waals surface area contributed by atoms with Crippen molar-refractivity contribution in [1.29, 1.82) is 0 Å². The molecule has 0 atom stereocenters. The van der Waals surface area contributed by atoms with Crippen LogP contribution in [-0.2, 0) is 6.54 Å². The number of piperidine rings is 1. The highest BCUT2D eigenvalue weighted by molar-refractivity contribution is 14.0. The average Bonchev–Trinajstić information content (AvgIpc) is 2.79. The number of halogens is 1. The van der Waals surface area contributed by atoms with Gasteiger partial charge in [-0.2, -0.15) is 0 Å². The summed E-state index contributed by atoms with van der Waals surface area (Å²) in [4.78, 5) is 7.25. The van der Waals surface area contributed by atoms with Gasteiger partial charge in [0.2, 0.25) is 0 Å². The van der Waals surface area contributed by atoms with Crippen molar-refractivity contribution in [3.8, 4) is 11.5 Å². The van der Waals surface area contributed by atoms with Crippen LogP contribution in [0.5, 0.6) is 11.5 Å². The molecule has 1 aliphatic rings. The number of methoxy groups -OCH3 is 1. The van der Waals surface area contributed by atoms with Gasteiger partial charge in [0.25, 0.3) is 0 Å². The number of anilines is 1. The van der Waals surface area contributed by atoms with Gasteiger partial charge in [-0.1, -0.05) is 24.3 Å². The van der Waals surface area contributed by atoms with Crippen LogP contribution in [0.4, 0.5) is 5.69 Å². The van der Waals surface area contributed by atoms with Crippen LogP contribution in [0.1, 0.15) is 32.3 Å². The second-order valence-electron chi connectivity index (χ2n) is 7.35. The van der Waals surface area contributed by atoms with Crippen LogP contribution in [0, 0.1) is 0 Å². The van der Waals surface area contributed by atoms with Gasteiger partial charge in [0.05, 0.1) is 20.3 Å². The zero-order chi connectivity index (χ0) is 21.2. The maximum atomic E-state index is 5.68. The molecule has 2 N–H and O–H groups in total. The number of hydrogen-bond acceptors (Lipinski definition) is 4. The van der Waals surface area contributed by atoms with Crippen LogP contribution >= 0.6 is 24.0 Å². The van der Waals surface area contributed by atoms with Crippen molar-refractivity contribution >= 4 is 35.6 Å². The van der Waals surface area contributed by atoms with Crippen molar-refractivity contribution < 1.29 is 9.47 Å². The summed E-state index contributed by atoms with van der Waals surface area (Å²) in [6.45, 7) is 8.20. The fraction of sp³-hybridized carbons (Fsp3) is 0.458. The minimum atomic E-state index is 0. The van der Waals surface area contributed by atoms with Crippen LogP contribution < -0.4 is 25.0 Å². The lowest BCUT2D eigenvalue weighted by Crippen LogP contribution is -2.48. The summed E-state index contributed by atoms with van der Waals surface area (Å²) in [5, 5.41) is 6.99. The first-order valence-electron chi connectivity index (χ1n) is 10.9. The molecular weight excluding hydrogens is 503 g/mol. The van der Waals surface area contributed by atoms with E-state index in [4.69, 9.17) is 14.5 Å². The third kappa shape index (κ3) is 7.48. The van der Waals surface area contributed by atoms with Crippen LogP contribution in [0.3, 0.4) is 0 Å². The Balaban J connectivity index is 0.00000341. The molecule has 31 heavy (non-hydrogen) atoms. The summed E-state index contributed by atoms with van der Waals surface area (Å²) in [5.41, 5.74) is 2.40. The van der Waals surface area contributed by atoms with Crippen LogP contribution in [0.2, 0.25) is 0 Å². The summed E-state index contributed by atoms with van der Waals surface area (Å²) in [6.07, 6.45) is 2.19. The number of aliphatic imine (C=N–C) groups is 1. The molecule has 0 spiro atoms. The molecule has 1 heterocycles. The van der Waals surface area contributed by atoms with Crippen molar-refractivity contribution in [2.75, 3.05) is 38.3 Å². The van der Waals surface area contributed by atoms with E-state index in [1.807, 2.05) is 25.1 Å². The summed E-state index contributed by atoms with van der Waals surface area (Å²) in [6, 6.07) is 17.1. The first kappa shape index (κ1) is 25.1. The van der Waals surface area contributed by atoms with Gasteiger partial charge in [-0.05, 0) is 56.5 Å². The number of para-hydroxylation sites is 1. The SMILES string of the molecule is CCNC(=NCc1ccc(OC)c(OCC)c1)NC1CCN(c2ccccc2)CC1.I. The number of guanidine groups is 1. The molecule has 1 saturated heterocycles. The van der Waals surface area contributed by atoms with Crippen molar-refractivity contribution in [2.24, 2.45) is 4.99 Å². The molecule has 2 aromatic rings. The molecule has 3 rings (SSSR count). The Labute approximate surface area is 203 Å². The number of nitrogens with zero attached hydrogens (tertiary/aromatic N) is 2. The zero-order valence-electron chi connectivity index (χ0n) is 18.8. The number of nitrogens with one attached hydrogen (secondary N) is 2. The molecular formula is C24H35IN4O2. The topological polar surface area (TPSA) is 58.1 Å². The fourth-order valence-electron chi connectivity index (χ4n) is 3.69. The summed E-state index contributed by atoms with van der Waals surface area (Å²) in [7, 11) is 1.66. The van der Waals surface area contributed by atoms with Crippen molar-refractivity contribution in [1.82, 2.24) is 10.6 Å². The lowest BCUT2D eigenvalue weighted by molar-refractivity contribution is 0.310. The van der Waals surface area contributed by atoms with Gasteiger partial charge in [-0.25, -0.2) is 4.99 Å². The molecule has 1 aliphatic heterocycles. The van der Waals surface area contributed by atoms with Crippen molar-refractivity contribution in [2.45, 2.75) is 39.3 Å². The second kappa shape index (κ2) is 13.3. The lowest BCUT2D eigenvalue weighted by Gasteiger charge is -2.34. The maximum absolute atomic E-state index is 5.68. The Morgan fingerprint density at radius 3 is 2.45 bits per heavy atom. The predicted octanol–water partition coefficient (Wildman–Crippen LogP) is 4.44. The smallest absolute Gasteiger partial charge is 0.191 e. The van der Waals surface area contributed by atoms with Gasteiger partial charge in [-0.15, -0.1) is 24.0 Å². The predicted molar refractivity (Wildman–Crippen MR) is 139 cm³/mol. The Kier molecular flexibility index (Phi) is 10.8. The minimum absolute atomic E-state index is 0. The Bertz CT molecular complexity index is 808. The molecule has 0 radical (unpaired) electrons. The molecule has 1 fully saturated rings. The van der Waals surface area contributed by atoms with E-state index in [9.17, 15) is 0 Å². The standard InChI is InChI=1S/C24H34N4O2.HI/c1-4-25-24(26-18-19-11-12-22(29-3)23(17-19)30-5-2)27-20-13-15-28(16-14-20)21-9-7-6-8-10-21;/h6-12,17,20H,4-5,13-16,18H2,1-3H3,(H2,25,26,27);1H. The van der Waals surface area contributed by atoms with E-state index in [2.05, 4.69) is 52.8 Å². The van der Waals surface area contributed by atoms with E-state index in [-0.39, 0.29) is 24.0 Å². The van der Waals surface area contributed by atoms with E-state index in [0.29, 0.717) is 19.2 Å². The number of ether oxygens (including phenoxy) is 2. The lowest BCUT2D eigenvalue weighted by atomic mass is 10.0. The molecule has 0 aliphatic carbocycles. The molecule has 0 unspecified atom stereocenters. The summed E-state index contributed by atoms with van der Waals surface area (Å²) < 4.78 is 11.1. The van der Waals surface area contributed by atoms with Gasteiger partial charge in [0.15, 0.2) is 17.5 Å². The van der Waals surface area contributed by atoms with Gasteiger partial charge in [0, 0.05) is 31.4 Å². The van der Waals surface area contributed by atoms with Crippen molar-refractivity contribution in [3.05, 3.63) is 54.1 Å². The second-order valence-corrected chi connectivity index (χ2v) is 7.35.